The number of rotatable bonds is 2. The smallest absolute Gasteiger partial charge is 0.255 e. The molecule has 0 spiro atoms. The fourth-order valence-electron chi connectivity index (χ4n) is 2.50. The van der Waals surface area contributed by atoms with Crippen molar-refractivity contribution in [2.75, 3.05) is 13.1 Å². The lowest BCUT2D eigenvalue weighted by molar-refractivity contribution is 0.0601. The van der Waals surface area contributed by atoms with Crippen LogP contribution in [0.1, 0.15) is 27.5 Å². The molecular weight excluding hydrogens is 238 g/mol. The normalized spacial score (nSPS) is 15.4. The summed E-state index contributed by atoms with van der Waals surface area (Å²) in [7, 11) is 1.96. The van der Waals surface area contributed by atoms with Crippen LogP contribution in [0, 0.1) is 6.92 Å². The minimum absolute atomic E-state index is 0.142. The number of likely N-dealkylation sites (tertiary alicyclic amines) is 1. The fourth-order valence-corrected chi connectivity index (χ4v) is 2.50. The molecule has 0 aromatic carbocycles. The molecule has 0 aliphatic carbocycles. The monoisotopic (exact) mass is 255 g/mol. The van der Waals surface area contributed by atoms with Crippen molar-refractivity contribution in [2.24, 2.45) is 7.05 Å². The molecule has 19 heavy (non-hydrogen) atoms. The summed E-state index contributed by atoms with van der Waals surface area (Å²) < 4.78 is 1.98. The SMILES string of the molecule is Cc1c(C(=O)N2CC(c3ccncc3)C2)ccn1C. The highest BCUT2D eigenvalue weighted by molar-refractivity contribution is 5.96. The summed E-state index contributed by atoms with van der Waals surface area (Å²) in [6, 6.07) is 5.96. The Morgan fingerprint density at radius 2 is 1.95 bits per heavy atom. The molecule has 98 valence electrons. The molecule has 2 aromatic rings. The van der Waals surface area contributed by atoms with Crippen LogP contribution in [0.25, 0.3) is 0 Å². The second-order valence-corrected chi connectivity index (χ2v) is 5.11. The Kier molecular flexibility index (Phi) is 2.85. The first kappa shape index (κ1) is 12.0. The maximum Gasteiger partial charge on any atom is 0.255 e. The van der Waals surface area contributed by atoms with Crippen LogP contribution in [0.5, 0.6) is 0 Å². The topological polar surface area (TPSA) is 38.1 Å². The molecule has 4 nitrogen and oxygen atoms in total. The van der Waals surface area contributed by atoms with Crippen LogP contribution < -0.4 is 0 Å². The lowest BCUT2D eigenvalue weighted by Crippen LogP contribution is -2.48. The molecule has 1 amide bonds. The molecule has 2 aromatic heterocycles. The third-order valence-corrected chi connectivity index (χ3v) is 3.96. The number of pyridine rings is 1. The van der Waals surface area contributed by atoms with Crippen LogP contribution in [0.15, 0.2) is 36.8 Å². The number of nitrogens with zero attached hydrogens (tertiary/aromatic N) is 3. The number of carbonyl (C=O) groups excluding carboxylic acids is 1. The fraction of sp³-hybridized carbons (Fsp3) is 0.333. The predicted molar refractivity (Wildman–Crippen MR) is 73.0 cm³/mol. The van der Waals surface area contributed by atoms with Crippen LogP contribution in [0.2, 0.25) is 0 Å². The minimum Gasteiger partial charge on any atom is -0.354 e. The zero-order valence-corrected chi connectivity index (χ0v) is 11.2. The molecule has 0 atom stereocenters. The average molecular weight is 255 g/mol. The van der Waals surface area contributed by atoms with Crippen molar-refractivity contribution in [3.05, 3.63) is 53.6 Å². The Morgan fingerprint density at radius 1 is 1.26 bits per heavy atom. The van der Waals surface area contributed by atoms with Gasteiger partial charge in [0.05, 0.1) is 5.56 Å². The molecular formula is C15H17N3O. The first-order valence-corrected chi connectivity index (χ1v) is 6.48. The number of amides is 1. The zero-order valence-electron chi connectivity index (χ0n) is 11.2. The minimum atomic E-state index is 0.142. The van der Waals surface area contributed by atoms with Gasteiger partial charge in [-0.1, -0.05) is 0 Å². The van der Waals surface area contributed by atoms with Gasteiger partial charge in [0, 0.05) is 50.3 Å². The number of hydrogen-bond acceptors (Lipinski definition) is 2. The van der Waals surface area contributed by atoms with Gasteiger partial charge < -0.3 is 9.47 Å². The maximum atomic E-state index is 12.3. The number of aromatic nitrogens is 2. The van der Waals surface area contributed by atoms with Gasteiger partial charge in [-0.15, -0.1) is 0 Å². The van der Waals surface area contributed by atoms with Gasteiger partial charge in [-0.3, -0.25) is 9.78 Å². The van der Waals surface area contributed by atoms with E-state index in [-0.39, 0.29) is 5.91 Å². The number of carbonyl (C=O) groups is 1. The van der Waals surface area contributed by atoms with Gasteiger partial charge in [-0.2, -0.15) is 0 Å². The average Bonchev–Trinajstić information content (AvgIpc) is 2.69. The van der Waals surface area contributed by atoms with Crippen LogP contribution in [0.3, 0.4) is 0 Å². The molecule has 3 rings (SSSR count). The van der Waals surface area contributed by atoms with Crippen LogP contribution in [-0.4, -0.2) is 33.4 Å². The summed E-state index contributed by atoms with van der Waals surface area (Å²) in [5, 5.41) is 0. The van der Waals surface area contributed by atoms with Crippen molar-refractivity contribution in [2.45, 2.75) is 12.8 Å². The van der Waals surface area contributed by atoms with Gasteiger partial charge in [-0.05, 0) is 30.7 Å². The van der Waals surface area contributed by atoms with Gasteiger partial charge in [0.25, 0.3) is 5.91 Å². The second-order valence-electron chi connectivity index (χ2n) is 5.11. The van der Waals surface area contributed by atoms with E-state index in [2.05, 4.69) is 4.98 Å². The summed E-state index contributed by atoms with van der Waals surface area (Å²) in [5.74, 6) is 0.597. The van der Waals surface area contributed by atoms with Gasteiger partial charge in [0.1, 0.15) is 0 Å². The lowest BCUT2D eigenvalue weighted by Gasteiger charge is -2.39. The lowest BCUT2D eigenvalue weighted by atomic mass is 9.91. The third-order valence-electron chi connectivity index (χ3n) is 3.96. The predicted octanol–water partition coefficient (Wildman–Crippen LogP) is 1.97. The van der Waals surface area contributed by atoms with E-state index in [1.807, 2.05) is 47.8 Å². The molecule has 0 N–H and O–H groups in total. The number of aryl methyl sites for hydroxylation is 1. The molecule has 1 fully saturated rings. The summed E-state index contributed by atoms with van der Waals surface area (Å²) >= 11 is 0. The summed E-state index contributed by atoms with van der Waals surface area (Å²) in [6.45, 7) is 3.59. The Labute approximate surface area is 112 Å². The molecule has 0 bridgehead atoms. The van der Waals surface area contributed by atoms with Crippen molar-refractivity contribution in [1.82, 2.24) is 14.5 Å². The van der Waals surface area contributed by atoms with E-state index in [9.17, 15) is 4.79 Å². The summed E-state index contributed by atoms with van der Waals surface area (Å²) in [5.41, 5.74) is 3.11. The highest BCUT2D eigenvalue weighted by atomic mass is 16.2. The van der Waals surface area contributed by atoms with Crippen molar-refractivity contribution in [3.8, 4) is 0 Å². The Balaban J connectivity index is 1.68. The molecule has 0 unspecified atom stereocenters. The second kappa shape index (κ2) is 4.53. The summed E-state index contributed by atoms with van der Waals surface area (Å²) in [6.07, 6.45) is 5.55. The quantitative estimate of drug-likeness (QED) is 0.823. The van der Waals surface area contributed by atoms with Crippen LogP contribution >= 0.6 is 0 Å². The molecule has 4 heteroatoms. The highest BCUT2D eigenvalue weighted by Crippen LogP contribution is 2.28. The zero-order chi connectivity index (χ0) is 13.4. The molecule has 3 heterocycles. The van der Waals surface area contributed by atoms with E-state index >= 15 is 0 Å². The Hall–Kier alpha value is -2.10. The third kappa shape index (κ3) is 2.03. The molecule has 1 saturated heterocycles. The van der Waals surface area contributed by atoms with E-state index in [0.717, 1.165) is 24.3 Å². The largest absolute Gasteiger partial charge is 0.354 e. The first-order valence-electron chi connectivity index (χ1n) is 6.48. The molecule has 1 aliphatic heterocycles. The van der Waals surface area contributed by atoms with Gasteiger partial charge in [0.15, 0.2) is 0 Å². The van der Waals surface area contributed by atoms with Gasteiger partial charge in [0.2, 0.25) is 0 Å². The highest BCUT2D eigenvalue weighted by Gasteiger charge is 2.32. The van der Waals surface area contributed by atoms with Crippen molar-refractivity contribution < 1.29 is 4.79 Å². The van der Waals surface area contributed by atoms with E-state index in [1.54, 1.807) is 12.4 Å². The number of hydrogen-bond donors (Lipinski definition) is 0. The van der Waals surface area contributed by atoms with E-state index in [0.29, 0.717) is 5.92 Å². The van der Waals surface area contributed by atoms with E-state index in [1.165, 1.54) is 5.56 Å². The standard InChI is InChI=1S/C15H17N3O/c1-11-14(5-8-17(11)2)15(19)18-9-13(10-18)12-3-6-16-7-4-12/h3-8,13H,9-10H2,1-2H3. The van der Waals surface area contributed by atoms with Crippen molar-refractivity contribution >= 4 is 5.91 Å². The van der Waals surface area contributed by atoms with Gasteiger partial charge in [-0.25, -0.2) is 0 Å². The first-order chi connectivity index (χ1) is 9.16. The Morgan fingerprint density at radius 3 is 2.53 bits per heavy atom. The van der Waals surface area contributed by atoms with E-state index in [4.69, 9.17) is 0 Å². The van der Waals surface area contributed by atoms with E-state index < -0.39 is 0 Å². The molecule has 1 aliphatic rings. The molecule has 0 saturated carbocycles. The maximum absolute atomic E-state index is 12.3. The summed E-state index contributed by atoms with van der Waals surface area (Å²) in [4.78, 5) is 18.3. The van der Waals surface area contributed by atoms with Gasteiger partial charge >= 0.3 is 0 Å². The van der Waals surface area contributed by atoms with Crippen LogP contribution in [0.4, 0.5) is 0 Å². The Bertz CT molecular complexity index is 597. The molecule has 0 radical (unpaired) electrons. The van der Waals surface area contributed by atoms with Crippen molar-refractivity contribution in [1.29, 1.82) is 0 Å². The van der Waals surface area contributed by atoms with Crippen LogP contribution in [-0.2, 0) is 7.05 Å². The van der Waals surface area contributed by atoms with Crippen molar-refractivity contribution in [3.63, 3.8) is 0 Å².